The third-order valence-corrected chi connectivity index (χ3v) is 4.03. The summed E-state index contributed by atoms with van der Waals surface area (Å²) < 4.78 is 0. The van der Waals surface area contributed by atoms with Gasteiger partial charge in [0.15, 0.2) is 0 Å². The van der Waals surface area contributed by atoms with E-state index in [1.54, 1.807) is 0 Å². The number of hydrogen-bond acceptors (Lipinski definition) is 1. The van der Waals surface area contributed by atoms with Crippen LogP contribution < -0.4 is 5.73 Å². The summed E-state index contributed by atoms with van der Waals surface area (Å²) in [7, 11) is 0. The molecule has 0 saturated carbocycles. The van der Waals surface area contributed by atoms with Gasteiger partial charge in [0, 0.05) is 11.3 Å². The first-order valence-electron chi connectivity index (χ1n) is 7.19. The van der Waals surface area contributed by atoms with E-state index < -0.39 is 0 Å². The van der Waals surface area contributed by atoms with Crippen molar-refractivity contribution in [2.75, 3.05) is 5.73 Å². The highest BCUT2D eigenvalue weighted by atomic mass is 14.6. The van der Waals surface area contributed by atoms with Gasteiger partial charge in [-0.2, -0.15) is 0 Å². The van der Waals surface area contributed by atoms with Crippen LogP contribution in [0.15, 0.2) is 66.7 Å². The Bertz CT molecular complexity index is 773. The van der Waals surface area contributed by atoms with Gasteiger partial charge in [0.1, 0.15) is 0 Å². The van der Waals surface area contributed by atoms with Crippen molar-refractivity contribution in [1.82, 2.24) is 0 Å². The van der Waals surface area contributed by atoms with Crippen LogP contribution in [0.25, 0.3) is 22.3 Å². The van der Waals surface area contributed by atoms with Gasteiger partial charge in [-0.3, -0.25) is 0 Å². The molecule has 3 rings (SSSR count). The molecule has 0 radical (unpaired) electrons. The van der Waals surface area contributed by atoms with E-state index in [0.29, 0.717) is 0 Å². The third kappa shape index (κ3) is 2.43. The zero-order valence-corrected chi connectivity index (χ0v) is 12.4. The van der Waals surface area contributed by atoms with Crippen LogP contribution in [0.2, 0.25) is 0 Å². The van der Waals surface area contributed by atoms with Gasteiger partial charge in [-0.1, -0.05) is 66.7 Å². The fraction of sp³-hybridized carbons (Fsp3) is 0.100. The molecule has 0 aliphatic carbocycles. The average molecular weight is 273 g/mol. The zero-order chi connectivity index (χ0) is 14.8. The number of nitrogens with two attached hydrogens (primary N) is 1. The van der Waals surface area contributed by atoms with Gasteiger partial charge in [-0.25, -0.2) is 0 Å². The molecular formula is C20H19N. The average Bonchev–Trinajstić information content (AvgIpc) is 2.52. The van der Waals surface area contributed by atoms with Crippen molar-refractivity contribution < 1.29 is 0 Å². The van der Waals surface area contributed by atoms with Crippen LogP contribution >= 0.6 is 0 Å². The van der Waals surface area contributed by atoms with Crippen molar-refractivity contribution in [3.05, 3.63) is 77.9 Å². The molecule has 3 aromatic rings. The Labute approximate surface area is 126 Å². The number of nitrogen functional groups attached to an aromatic ring is 1. The fourth-order valence-corrected chi connectivity index (χ4v) is 2.76. The van der Waals surface area contributed by atoms with Crippen molar-refractivity contribution >= 4 is 5.69 Å². The Morgan fingerprint density at radius 3 is 1.95 bits per heavy atom. The van der Waals surface area contributed by atoms with Crippen molar-refractivity contribution in [2.45, 2.75) is 13.8 Å². The lowest BCUT2D eigenvalue weighted by molar-refractivity contribution is 1.41. The summed E-state index contributed by atoms with van der Waals surface area (Å²) in [6, 6.07) is 23.0. The molecule has 0 atom stereocenters. The second kappa shape index (κ2) is 5.45. The van der Waals surface area contributed by atoms with Gasteiger partial charge < -0.3 is 5.73 Å². The lowest BCUT2D eigenvalue weighted by Crippen LogP contribution is -1.97. The molecule has 1 nitrogen and oxygen atoms in total. The summed E-state index contributed by atoms with van der Waals surface area (Å²) in [6.45, 7) is 4.24. The van der Waals surface area contributed by atoms with E-state index in [-0.39, 0.29) is 0 Å². The molecule has 21 heavy (non-hydrogen) atoms. The molecule has 0 aliphatic rings. The first-order chi connectivity index (χ1) is 10.2. The molecule has 0 aliphatic heterocycles. The predicted octanol–water partition coefficient (Wildman–Crippen LogP) is 5.22. The summed E-state index contributed by atoms with van der Waals surface area (Å²) in [5.74, 6) is 0. The van der Waals surface area contributed by atoms with Gasteiger partial charge in [-0.15, -0.1) is 0 Å². The largest absolute Gasteiger partial charge is 0.398 e. The molecule has 0 fully saturated rings. The van der Waals surface area contributed by atoms with Gasteiger partial charge >= 0.3 is 0 Å². The van der Waals surface area contributed by atoms with E-state index in [2.05, 4.69) is 62.4 Å². The van der Waals surface area contributed by atoms with Crippen LogP contribution in [-0.2, 0) is 0 Å². The van der Waals surface area contributed by atoms with E-state index in [1.165, 1.54) is 16.7 Å². The van der Waals surface area contributed by atoms with Crippen LogP contribution in [0, 0.1) is 13.8 Å². The number of hydrogen-bond donors (Lipinski definition) is 1. The number of rotatable bonds is 2. The van der Waals surface area contributed by atoms with Crippen LogP contribution in [0.3, 0.4) is 0 Å². The third-order valence-electron chi connectivity index (χ3n) is 4.03. The molecule has 0 unspecified atom stereocenters. The molecule has 0 heterocycles. The lowest BCUT2D eigenvalue weighted by atomic mass is 9.92. The van der Waals surface area contributed by atoms with E-state index in [9.17, 15) is 0 Å². The van der Waals surface area contributed by atoms with Crippen LogP contribution in [-0.4, -0.2) is 0 Å². The molecule has 1 heteroatoms. The SMILES string of the molecule is Cc1ccccc1-c1ccc(-c2ccccc2)c(N)c1C. The zero-order valence-electron chi connectivity index (χ0n) is 12.4. The topological polar surface area (TPSA) is 26.0 Å². The quantitative estimate of drug-likeness (QED) is 0.636. The predicted molar refractivity (Wildman–Crippen MR) is 91.2 cm³/mol. The normalized spacial score (nSPS) is 10.6. The summed E-state index contributed by atoms with van der Waals surface area (Å²) >= 11 is 0. The monoisotopic (exact) mass is 273 g/mol. The molecule has 3 aromatic carbocycles. The number of anilines is 1. The fourth-order valence-electron chi connectivity index (χ4n) is 2.76. The molecule has 0 amide bonds. The maximum absolute atomic E-state index is 6.40. The highest BCUT2D eigenvalue weighted by Crippen LogP contribution is 2.35. The van der Waals surface area contributed by atoms with Crippen LogP contribution in [0.5, 0.6) is 0 Å². The summed E-state index contributed by atoms with van der Waals surface area (Å²) in [4.78, 5) is 0. The van der Waals surface area contributed by atoms with Crippen LogP contribution in [0.4, 0.5) is 5.69 Å². The Balaban J connectivity index is 2.16. The minimum Gasteiger partial charge on any atom is -0.398 e. The second-order valence-corrected chi connectivity index (χ2v) is 5.38. The minimum atomic E-state index is 0.863. The maximum atomic E-state index is 6.40. The van der Waals surface area contributed by atoms with E-state index in [0.717, 1.165) is 22.4 Å². The molecular weight excluding hydrogens is 254 g/mol. The van der Waals surface area contributed by atoms with Gasteiger partial charge in [0.2, 0.25) is 0 Å². The van der Waals surface area contributed by atoms with E-state index in [4.69, 9.17) is 5.73 Å². The second-order valence-electron chi connectivity index (χ2n) is 5.38. The highest BCUT2D eigenvalue weighted by molar-refractivity contribution is 5.85. The van der Waals surface area contributed by atoms with Crippen molar-refractivity contribution in [3.8, 4) is 22.3 Å². The number of aryl methyl sites for hydroxylation is 1. The minimum absolute atomic E-state index is 0.863. The number of benzene rings is 3. The Morgan fingerprint density at radius 1 is 0.619 bits per heavy atom. The van der Waals surface area contributed by atoms with Gasteiger partial charge in [-0.05, 0) is 41.7 Å². The molecule has 104 valence electrons. The standard InChI is InChI=1S/C20H19N/c1-14-8-6-7-11-17(14)18-12-13-19(20(21)15(18)2)16-9-4-3-5-10-16/h3-13H,21H2,1-2H3. The molecule has 0 saturated heterocycles. The maximum Gasteiger partial charge on any atom is 0.0429 e. The summed E-state index contributed by atoms with van der Waals surface area (Å²) in [5.41, 5.74) is 14.4. The smallest absolute Gasteiger partial charge is 0.0429 e. The van der Waals surface area contributed by atoms with Crippen LogP contribution in [0.1, 0.15) is 11.1 Å². The summed E-state index contributed by atoms with van der Waals surface area (Å²) in [6.07, 6.45) is 0. The Kier molecular flexibility index (Phi) is 3.49. The molecule has 2 N–H and O–H groups in total. The first kappa shape index (κ1) is 13.4. The summed E-state index contributed by atoms with van der Waals surface area (Å²) in [5, 5.41) is 0. The lowest BCUT2D eigenvalue weighted by Gasteiger charge is -2.15. The highest BCUT2D eigenvalue weighted by Gasteiger charge is 2.11. The van der Waals surface area contributed by atoms with Gasteiger partial charge in [0.05, 0.1) is 0 Å². The van der Waals surface area contributed by atoms with Crippen molar-refractivity contribution in [1.29, 1.82) is 0 Å². The molecule has 0 bridgehead atoms. The van der Waals surface area contributed by atoms with Gasteiger partial charge in [0.25, 0.3) is 0 Å². The van der Waals surface area contributed by atoms with Crippen molar-refractivity contribution in [2.24, 2.45) is 0 Å². The molecule has 0 spiro atoms. The van der Waals surface area contributed by atoms with Crippen molar-refractivity contribution in [3.63, 3.8) is 0 Å². The Hall–Kier alpha value is -2.54. The molecule has 0 aromatic heterocycles. The first-order valence-corrected chi connectivity index (χ1v) is 7.19. The Morgan fingerprint density at radius 2 is 1.24 bits per heavy atom. The van der Waals surface area contributed by atoms with E-state index >= 15 is 0 Å². The van der Waals surface area contributed by atoms with E-state index in [1.807, 2.05) is 18.2 Å².